The van der Waals surface area contributed by atoms with E-state index in [-0.39, 0.29) is 21.3 Å². The first-order chi connectivity index (χ1) is 9.44. The van der Waals surface area contributed by atoms with E-state index in [1.165, 1.54) is 18.2 Å². The fraction of sp³-hybridized carbons (Fsp3) is 0.462. The van der Waals surface area contributed by atoms with Crippen LogP contribution in [-0.2, 0) is 10.0 Å². The highest BCUT2D eigenvalue weighted by Gasteiger charge is 2.29. The Morgan fingerprint density at radius 2 is 2.00 bits per heavy atom. The Morgan fingerprint density at radius 1 is 1.30 bits per heavy atom. The van der Waals surface area contributed by atoms with E-state index in [0.29, 0.717) is 5.56 Å². The molecule has 0 radical (unpaired) electrons. The number of alkyl halides is 1. The SMILES string of the molecule is N#Cc1ccc(S(=O)(=O)NC2CCCCC2Cl)c(Cl)c1. The molecule has 2 unspecified atom stereocenters. The van der Waals surface area contributed by atoms with Gasteiger partial charge in [0.15, 0.2) is 0 Å². The maximum absolute atomic E-state index is 12.3. The maximum atomic E-state index is 12.3. The van der Waals surface area contributed by atoms with E-state index in [1.807, 2.05) is 6.07 Å². The van der Waals surface area contributed by atoms with Crippen LogP contribution in [-0.4, -0.2) is 19.8 Å². The van der Waals surface area contributed by atoms with Gasteiger partial charge in [-0.25, -0.2) is 13.1 Å². The molecule has 0 bridgehead atoms. The molecule has 2 atom stereocenters. The minimum Gasteiger partial charge on any atom is -0.207 e. The van der Waals surface area contributed by atoms with Crippen molar-refractivity contribution in [3.63, 3.8) is 0 Å². The van der Waals surface area contributed by atoms with Crippen LogP contribution in [0.4, 0.5) is 0 Å². The quantitative estimate of drug-likeness (QED) is 0.865. The fourth-order valence-corrected chi connectivity index (χ4v) is 4.54. The van der Waals surface area contributed by atoms with Gasteiger partial charge in [-0.3, -0.25) is 0 Å². The number of benzene rings is 1. The number of nitriles is 1. The normalized spacial score (nSPS) is 23.2. The van der Waals surface area contributed by atoms with Crippen molar-refractivity contribution in [3.05, 3.63) is 28.8 Å². The Bertz CT molecular complexity index is 640. The van der Waals surface area contributed by atoms with Crippen LogP contribution in [0.5, 0.6) is 0 Å². The summed E-state index contributed by atoms with van der Waals surface area (Å²) in [6, 6.07) is 5.75. The highest BCUT2D eigenvalue weighted by atomic mass is 35.5. The molecular formula is C13H14Cl2N2O2S. The summed E-state index contributed by atoms with van der Waals surface area (Å²) in [6.45, 7) is 0. The van der Waals surface area contributed by atoms with Gasteiger partial charge in [-0.2, -0.15) is 5.26 Å². The van der Waals surface area contributed by atoms with Crippen LogP contribution in [0.15, 0.2) is 23.1 Å². The van der Waals surface area contributed by atoms with Gasteiger partial charge in [0.2, 0.25) is 10.0 Å². The van der Waals surface area contributed by atoms with Crippen LogP contribution in [0.1, 0.15) is 31.2 Å². The molecule has 108 valence electrons. The number of rotatable bonds is 3. The van der Waals surface area contributed by atoms with Crippen LogP contribution in [0.2, 0.25) is 5.02 Å². The molecule has 0 aliphatic heterocycles. The zero-order valence-corrected chi connectivity index (χ0v) is 13.0. The van der Waals surface area contributed by atoms with Gasteiger partial charge in [-0.05, 0) is 31.0 Å². The van der Waals surface area contributed by atoms with Gasteiger partial charge in [0, 0.05) is 11.4 Å². The van der Waals surface area contributed by atoms with Crippen molar-refractivity contribution >= 4 is 33.2 Å². The summed E-state index contributed by atoms with van der Waals surface area (Å²) in [4.78, 5) is -0.0207. The molecular weight excluding hydrogens is 319 g/mol. The Morgan fingerprint density at radius 3 is 2.60 bits per heavy atom. The smallest absolute Gasteiger partial charge is 0.207 e. The molecule has 0 spiro atoms. The molecule has 1 aromatic carbocycles. The molecule has 0 amide bonds. The van der Waals surface area contributed by atoms with Gasteiger partial charge in [0.05, 0.1) is 16.7 Å². The highest BCUT2D eigenvalue weighted by Crippen LogP contribution is 2.27. The highest BCUT2D eigenvalue weighted by molar-refractivity contribution is 7.89. The molecule has 7 heteroatoms. The van der Waals surface area contributed by atoms with Crippen LogP contribution in [0.3, 0.4) is 0 Å². The molecule has 1 aliphatic carbocycles. The van der Waals surface area contributed by atoms with Gasteiger partial charge >= 0.3 is 0 Å². The lowest BCUT2D eigenvalue weighted by Crippen LogP contribution is -2.42. The minimum absolute atomic E-state index is 0.0207. The second kappa shape index (κ2) is 6.31. The second-order valence-electron chi connectivity index (χ2n) is 4.79. The third-order valence-corrected chi connectivity index (χ3v) is 5.83. The Labute approximate surface area is 128 Å². The monoisotopic (exact) mass is 332 g/mol. The first-order valence-electron chi connectivity index (χ1n) is 6.30. The first-order valence-corrected chi connectivity index (χ1v) is 8.60. The molecule has 20 heavy (non-hydrogen) atoms. The number of nitrogens with zero attached hydrogens (tertiary/aromatic N) is 1. The van der Waals surface area contributed by atoms with E-state index in [4.69, 9.17) is 28.5 Å². The average Bonchev–Trinajstić information content (AvgIpc) is 2.40. The average molecular weight is 333 g/mol. The van der Waals surface area contributed by atoms with Crippen molar-refractivity contribution in [1.29, 1.82) is 5.26 Å². The number of hydrogen-bond donors (Lipinski definition) is 1. The standard InChI is InChI=1S/C13H14Cl2N2O2S/c14-10-3-1-2-4-12(10)17-20(18,19)13-6-5-9(8-16)7-11(13)15/h5-7,10,12,17H,1-4H2. The van der Waals surface area contributed by atoms with E-state index >= 15 is 0 Å². The molecule has 2 rings (SSSR count). The molecule has 1 fully saturated rings. The summed E-state index contributed by atoms with van der Waals surface area (Å²) >= 11 is 12.1. The molecule has 1 N–H and O–H groups in total. The minimum atomic E-state index is -3.72. The predicted octanol–water partition coefficient (Wildman–Crippen LogP) is 3.04. The topological polar surface area (TPSA) is 70.0 Å². The van der Waals surface area contributed by atoms with Crippen molar-refractivity contribution in [2.24, 2.45) is 0 Å². The summed E-state index contributed by atoms with van der Waals surface area (Å²) in [5, 5.41) is 8.60. The Hall–Kier alpha value is -0.800. The summed E-state index contributed by atoms with van der Waals surface area (Å²) in [7, 11) is -3.72. The third kappa shape index (κ3) is 3.44. The lowest BCUT2D eigenvalue weighted by atomic mass is 9.96. The van der Waals surface area contributed by atoms with E-state index < -0.39 is 10.0 Å². The van der Waals surface area contributed by atoms with Crippen LogP contribution in [0, 0.1) is 11.3 Å². The Kier molecular flexibility index (Phi) is 4.92. The van der Waals surface area contributed by atoms with Gasteiger partial charge in [0.1, 0.15) is 4.90 Å². The number of nitrogens with one attached hydrogen (secondary N) is 1. The second-order valence-corrected chi connectivity index (χ2v) is 7.44. The van der Waals surface area contributed by atoms with E-state index in [2.05, 4.69) is 4.72 Å². The molecule has 0 aromatic heterocycles. The van der Waals surface area contributed by atoms with Crippen molar-refractivity contribution < 1.29 is 8.42 Å². The largest absolute Gasteiger partial charge is 0.242 e. The maximum Gasteiger partial charge on any atom is 0.242 e. The van der Waals surface area contributed by atoms with E-state index in [9.17, 15) is 8.42 Å². The zero-order chi connectivity index (χ0) is 14.8. The van der Waals surface area contributed by atoms with Gasteiger partial charge in [-0.1, -0.05) is 24.4 Å². The molecule has 0 saturated heterocycles. The number of sulfonamides is 1. The summed E-state index contributed by atoms with van der Waals surface area (Å²) < 4.78 is 27.3. The molecule has 1 aliphatic rings. The number of halogens is 2. The van der Waals surface area contributed by atoms with E-state index in [1.54, 1.807) is 0 Å². The van der Waals surface area contributed by atoms with Crippen molar-refractivity contribution in [2.45, 2.75) is 42.0 Å². The number of hydrogen-bond acceptors (Lipinski definition) is 3. The van der Waals surface area contributed by atoms with Gasteiger partial charge in [-0.15, -0.1) is 11.6 Å². The fourth-order valence-electron chi connectivity index (χ4n) is 2.27. The van der Waals surface area contributed by atoms with Crippen LogP contribution >= 0.6 is 23.2 Å². The van der Waals surface area contributed by atoms with Crippen molar-refractivity contribution in [3.8, 4) is 6.07 Å². The summed E-state index contributed by atoms with van der Waals surface area (Å²) in [5.41, 5.74) is 0.321. The van der Waals surface area contributed by atoms with E-state index in [0.717, 1.165) is 25.7 Å². The lowest BCUT2D eigenvalue weighted by molar-refractivity contribution is 0.418. The van der Waals surface area contributed by atoms with Crippen LogP contribution in [0.25, 0.3) is 0 Å². The lowest BCUT2D eigenvalue weighted by Gasteiger charge is -2.27. The summed E-state index contributed by atoms with van der Waals surface area (Å²) in [5.74, 6) is 0. The van der Waals surface area contributed by atoms with Gasteiger partial charge in [0.25, 0.3) is 0 Å². The van der Waals surface area contributed by atoms with Crippen molar-refractivity contribution in [1.82, 2.24) is 4.72 Å². The van der Waals surface area contributed by atoms with Crippen molar-refractivity contribution in [2.75, 3.05) is 0 Å². The molecule has 1 aromatic rings. The van der Waals surface area contributed by atoms with Gasteiger partial charge < -0.3 is 0 Å². The van der Waals surface area contributed by atoms with Crippen LogP contribution < -0.4 is 4.72 Å². The first kappa shape index (κ1) is 15.6. The predicted molar refractivity (Wildman–Crippen MR) is 78.4 cm³/mol. The third-order valence-electron chi connectivity index (χ3n) is 3.34. The summed E-state index contributed by atoms with van der Waals surface area (Å²) in [6.07, 6.45) is 3.50. The molecule has 1 saturated carbocycles. The molecule has 4 nitrogen and oxygen atoms in total. The zero-order valence-electron chi connectivity index (χ0n) is 10.6. The molecule has 0 heterocycles. The Balaban J connectivity index is 2.24.